The van der Waals surface area contributed by atoms with E-state index < -0.39 is 5.97 Å². The number of aromatic carboxylic acids is 1. The quantitative estimate of drug-likeness (QED) is 0.561. The normalized spacial score (nSPS) is 12.1. The highest BCUT2D eigenvalue weighted by Crippen LogP contribution is 2.41. The van der Waals surface area contributed by atoms with Crippen LogP contribution in [-0.2, 0) is 13.0 Å². The number of amides is 2. The van der Waals surface area contributed by atoms with Crippen molar-refractivity contribution in [1.82, 2.24) is 10.2 Å². The Kier molecular flexibility index (Phi) is 6.40. The highest BCUT2D eigenvalue weighted by atomic mass is 35.5. The molecule has 4 rings (SSSR count). The Bertz CT molecular complexity index is 1270. The molecule has 1 aliphatic rings. The molecule has 2 amide bonds. The van der Waals surface area contributed by atoms with Gasteiger partial charge in [-0.15, -0.1) is 11.3 Å². The minimum absolute atomic E-state index is 0.146. The molecule has 7 nitrogen and oxygen atoms in total. The van der Waals surface area contributed by atoms with Crippen LogP contribution in [-0.4, -0.2) is 48.5 Å². The number of carboxylic acid groups (broad SMARTS) is 1. The van der Waals surface area contributed by atoms with E-state index in [0.29, 0.717) is 39.8 Å². The van der Waals surface area contributed by atoms with E-state index in [2.05, 4.69) is 5.32 Å². The summed E-state index contributed by atoms with van der Waals surface area (Å²) in [4.78, 5) is 39.1. The van der Waals surface area contributed by atoms with E-state index in [1.54, 1.807) is 38.4 Å². The van der Waals surface area contributed by atoms with Gasteiger partial charge in [-0.1, -0.05) is 17.7 Å². The molecule has 33 heavy (non-hydrogen) atoms. The second-order valence-corrected chi connectivity index (χ2v) is 9.23. The standard InChI is InChI=1S/C24H21ClN2O5S/c1-27(2)23(29)14-3-4-16(18(25)9-14)12-26-22(28)20-11-13-7-8-32-19-10-15(24(30)31)5-6-17(19)21(13)33-20/h3-6,9-11H,7-8,12H2,1-2H3,(H,26,28)(H,30,31). The number of carbonyl (C=O) groups is 3. The Labute approximate surface area is 199 Å². The maximum absolute atomic E-state index is 12.8. The van der Waals surface area contributed by atoms with Crippen molar-refractivity contribution in [2.45, 2.75) is 13.0 Å². The van der Waals surface area contributed by atoms with Gasteiger partial charge in [-0.2, -0.15) is 0 Å². The number of nitrogens with zero attached hydrogens (tertiary/aromatic N) is 1. The van der Waals surface area contributed by atoms with Crippen LogP contribution in [0.1, 0.15) is 41.5 Å². The Morgan fingerprint density at radius 2 is 1.88 bits per heavy atom. The number of ether oxygens (including phenoxy) is 1. The van der Waals surface area contributed by atoms with Crippen LogP contribution in [0.5, 0.6) is 5.75 Å². The van der Waals surface area contributed by atoms with Crippen LogP contribution < -0.4 is 10.1 Å². The number of rotatable bonds is 5. The molecule has 2 heterocycles. The Morgan fingerprint density at radius 1 is 1.12 bits per heavy atom. The molecule has 0 unspecified atom stereocenters. The van der Waals surface area contributed by atoms with Crippen molar-refractivity contribution in [1.29, 1.82) is 0 Å². The lowest BCUT2D eigenvalue weighted by Gasteiger charge is -2.12. The minimum Gasteiger partial charge on any atom is -0.493 e. The molecule has 9 heteroatoms. The largest absolute Gasteiger partial charge is 0.493 e. The minimum atomic E-state index is -1.02. The average molecular weight is 485 g/mol. The number of thiophene rings is 1. The molecular weight excluding hydrogens is 464 g/mol. The number of fused-ring (bicyclic) bond motifs is 3. The monoisotopic (exact) mass is 484 g/mol. The molecule has 0 bridgehead atoms. The van der Waals surface area contributed by atoms with Gasteiger partial charge in [0.05, 0.1) is 17.0 Å². The Balaban J connectivity index is 1.52. The smallest absolute Gasteiger partial charge is 0.335 e. The maximum atomic E-state index is 12.8. The third kappa shape index (κ3) is 4.72. The predicted molar refractivity (Wildman–Crippen MR) is 127 cm³/mol. The van der Waals surface area contributed by atoms with Gasteiger partial charge >= 0.3 is 5.97 Å². The summed E-state index contributed by atoms with van der Waals surface area (Å²) in [5.74, 6) is -0.897. The Hall–Kier alpha value is -3.36. The molecule has 0 atom stereocenters. The lowest BCUT2D eigenvalue weighted by Crippen LogP contribution is -2.23. The zero-order valence-electron chi connectivity index (χ0n) is 18.0. The van der Waals surface area contributed by atoms with Crippen molar-refractivity contribution < 1.29 is 24.2 Å². The van der Waals surface area contributed by atoms with Crippen LogP contribution in [0, 0.1) is 0 Å². The van der Waals surface area contributed by atoms with Gasteiger partial charge in [0.25, 0.3) is 11.8 Å². The average Bonchev–Trinajstić information content (AvgIpc) is 3.13. The topological polar surface area (TPSA) is 95.9 Å². The fraction of sp³-hybridized carbons (Fsp3) is 0.208. The third-order valence-electron chi connectivity index (χ3n) is 5.28. The van der Waals surface area contributed by atoms with Gasteiger partial charge in [0.1, 0.15) is 5.75 Å². The van der Waals surface area contributed by atoms with Gasteiger partial charge in [0.2, 0.25) is 0 Å². The summed E-state index contributed by atoms with van der Waals surface area (Å²) in [6.07, 6.45) is 0.614. The summed E-state index contributed by atoms with van der Waals surface area (Å²) in [5.41, 5.74) is 3.10. The van der Waals surface area contributed by atoms with Crippen molar-refractivity contribution in [3.05, 3.63) is 74.6 Å². The van der Waals surface area contributed by atoms with E-state index in [4.69, 9.17) is 16.3 Å². The van der Waals surface area contributed by atoms with Gasteiger partial charge in [0.15, 0.2) is 0 Å². The van der Waals surface area contributed by atoms with E-state index in [9.17, 15) is 19.5 Å². The number of carbonyl (C=O) groups excluding carboxylic acids is 2. The molecular formula is C24H21ClN2O5S. The molecule has 0 saturated heterocycles. The Morgan fingerprint density at radius 3 is 2.58 bits per heavy atom. The second-order valence-electron chi connectivity index (χ2n) is 7.77. The van der Waals surface area contributed by atoms with E-state index in [0.717, 1.165) is 16.0 Å². The summed E-state index contributed by atoms with van der Waals surface area (Å²) < 4.78 is 5.74. The van der Waals surface area contributed by atoms with E-state index in [1.165, 1.54) is 28.4 Å². The molecule has 1 aromatic heterocycles. The third-order valence-corrected chi connectivity index (χ3v) is 6.84. The number of benzene rings is 2. The molecule has 0 spiro atoms. The van der Waals surface area contributed by atoms with Gasteiger partial charge < -0.3 is 20.1 Å². The number of hydrogen-bond acceptors (Lipinski definition) is 5. The first-order valence-corrected chi connectivity index (χ1v) is 11.4. The number of carboxylic acids is 1. The maximum Gasteiger partial charge on any atom is 0.335 e. The second kappa shape index (κ2) is 9.25. The molecule has 170 valence electrons. The molecule has 0 aliphatic carbocycles. The molecule has 2 aromatic carbocycles. The van der Waals surface area contributed by atoms with Crippen molar-refractivity contribution in [2.75, 3.05) is 20.7 Å². The van der Waals surface area contributed by atoms with Crippen LogP contribution in [0.15, 0.2) is 42.5 Å². The van der Waals surface area contributed by atoms with Crippen LogP contribution in [0.25, 0.3) is 10.4 Å². The fourth-order valence-electron chi connectivity index (χ4n) is 3.53. The van der Waals surface area contributed by atoms with Crippen LogP contribution >= 0.6 is 22.9 Å². The first-order valence-electron chi connectivity index (χ1n) is 10.2. The fourth-order valence-corrected chi connectivity index (χ4v) is 4.94. The molecule has 3 aromatic rings. The van der Waals surface area contributed by atoms with Crippen molar-refractivity contribution in [2.24, 2.45) is 0 Å². The zero-order chi connectivity index (χ0) is 23.7. The molecule has 0 saturated carbocycles. The van der Waals surface area contributed by atoms with Crippen LogP contribution in [0.2, 0.25) is 5.02 Å². The van der Waals surface area contributed by atoms with Crippen molar-refractivity contribution >= 4 is 40.7 Å². The van der Waals surface area contributed by atoms with Gasteiger partial charge in [0, 0.05) is 48.1 Å². The summed E-state index contributed by atoms with van der Waals surface area (Å²) in [5, 5.41) is 12.5. The first-order chi connectivity index (χ1) is 15.7. The summed E-state index contributed by atoms with van der Waals surface area (Å²) in [6, 6.07) is 11.6. The number of hydrogen-bond donors (Lipinski definition) is 2. The van der Waals surface area contributed by atoms with Crippen LogP contribution in [0.3, 0.4) is 0 Å². The van der Waals surface area contributed by atoms with Gasteiger partial charge in [-0.3, -0.25) is 9.59 Å². The predicted octanol–water partition coefficient (Wildman–Crippen LogP) is 4.33. The van der Waals surface area contributed by atoms with E-state index in [-0.39, 0.29) is 23.9 Å². The summed E-state index contributed by atoms with van der Waals surface area (Å²) in [7, 11) is 3.34. The van der Waals surface area contributed by atoms with Gasteiger partial charge in [-0.05, 0) is 47.5 Å². The number of halogens is 1. The van der Waals surface area contributed by atoms with E-state index in [1.807, 2.05) is 6.07 Å². The highest BCUT2D eigenvalue weighted by Gasteiger charge is 2.22. The summed E-state index contributed by atoms with van der Waals surface area (Å²) in [6.45, 7) is 0.618. The van der Waals surface area contributed by atoms with Crippen molar-refractivity contribution in [3.8, 4) is 16.2 Å². The van der Waals surface area contributed by atoms with Crippen molar-refractivity contribution in [3.63, 3.8) is 0 Å². The lowest BCUT2D eigenvalue weighted by molar-refractivity contribution is 0.0695. The van der Waals surface area contributed by atoms with Crippen LogP contribution in [0.4, 0.5) is 0 Å². The summed E-state index contributed by atoms with van der Waals surface area (Å²) >= 11 is 7.66. The number of nitrogens with one attached hydrogen (secondary N) is 1. The molecule has 0 radical (unpaired) electrons. The zero-order valence-corrected chi connectivity index (χ0v) is 19.5. The lowest BCUT2D eigenvalue weighted by atomic mass is 10.1. The SMILES string of the molecule is CN(C)C(=O)c1ccc(CNC(=O)c2cc3c(s2)-c2ccc(C(=O)O)cc2OCC3)c(Cl)c1. The molecule has 1 aliphatic heterocycles. The van der Waals surface area contributed by atoms with E-state index >= 15 is 0 Å². The first kappa shape index (κ1) is 22.8. The van der Waals surface area contributed by atoms with Gasteiger partial charge in [-0.25, -0.2) is 4.79 Å². The highest BCUT2D eigenvalue weighted by molar-refractivity contribution is 7.17. The molecule has 2 N–H and O–H groups in total. The molecule has 0 fully saturated rings.